The van der Waals surface area contributed by atoms with Gasteiger partial charge in [0.25, 0.3) is 11.8 Å². The summed E-state index contributed by atoms with van der Waals surface area (Å²) in [4.78, 5) is 57.8. The molecule has 0 spiro atoms. The van der Waals surface area contributed by atoms with Crippen LogP contribution in [0.15, 0.2) is 21.8 Å². The van der Waals surface area contributed by atoms with E-state index in [1.165, 1.54) is 31.2 Å². The van der Waals surface area contributed by atoms with Gasteiger partial charge >= 0.3 is 11.9 Å². The minimum absolute atomic E-state index is 0. The van der Waals surface area contributed by atoms with Crippen LogP contribution in [0.3, 0.4) is 0 Å². The average molecular weight is 473 g/mol. The first kappa shape index (κ1) is 24.1. The van der Waals surface area contributed by atoms with Gasteiger partial charge in [-0.3, -0.25) is 19.3 Å². The number of aliphatic carboxylic acids is 1. The predicted octanol–water partition coefficient (Wildman–Crippen LogP) is -1.45. The summed E-state index contributed by atoms with van der Waals surface area (Å²) >= 11 is 2.35. The van der Waals surface area contributed by atoms with E-state index in [1.54, 1.807) is 0 Å². The highest BCUT2D eigenvalue weighted by atomic mass is 32.2. The van der Waals surface area contributed by atoms with Crippen LogP contribution in [0, 0.1) is 0 Å². The molecule has 0 aromatic carbocycles. The quantitative estimate of drug-likeness (QED) is 0.182. The van der Waals surface area contributed by atoms with Gasteiger partial charge in [-0.05, 0) is 0 Å². The molecule has 0 bridgehead atoms. The third-order valence-electron chi connectivity index (χ3n) is 4.15. The lowest BCUT2D eigenvalue weighted by Gasteiger charge is -2.49. The van der Waals surface area contributed by atoms with E-state index in [2.05, 4.69) is 20.3 Å². The van der Waals surface area contributed by atoms with Gasteiger partial charge in [0.05, 0.1) is 0 Å². The number of esters is 1. The first-order chi connectivity index (χ1) is 14.2. The van der Waals surface area contributed by atoms with Gasteiger partial charge in [-0.25, -0.2) is 9.78 Å². The highest BCUT2D eigenvalue weighted by Gasteiger charge is 2.54. The fourth-order valence-corrected chi connectivity index (χ4v) is 4.76. The molecule has 0 unspecified atom stereocenters. The number of ether oxygens (including phenoxy) is 1. The van der Waals surface area contributed by atoms with Crippen molar-refractivity contribution in [3.05, 3.63) is 22.3 Å². The Morgan fingerprint density at radius 1 is 1.45 bits per heavy atom. The van der Waals surface area contributed by atoms with Crippen LogP contribution in [0.4, 0.5) is 5.13 Å². The molecule has 0 saturated carbocycles. The molecular weight excluding hydrogens is 454 g/mol. The Labute approximate surface area is 183 Å². The zero-order valence-corrected chi connectivity index (χ0v) is 17.9. The third kappa shape index (κ3) is 4.78. The molecule has 2 aliphatic rings. The van der Waals surface area contributed by atoms with Gasteiger partial charge in [-0.1, -0.05) is 5.16 Å². The Hall–Kier alpha value is -3.17. The van der Waals surface area contributed by atoms with Gasteiger partial charge in [0.1, 0.15) is 36.5 Å². The smallest absolute Gasteiger partial charge is 0.352 e. The number of oxime groups is 1. The van der Waals surface area contributed by atoms with E-state index in [9.17, 15) is 24.3 Å². The maximum atomic E-state index is 12.7. The molecule has 3 rings (SSSR count). The molecule has 1 saturated heterocycles. The summed E-state index contributed by atoms with van der Waals surface area (Å²) in [5, 5.41) is 16.9. The van der Waals surface area contributed by atoms with E-state index in [-0.39, 0.29) is 40.1 Å². The summed E-state index contributed by atoms with van der Waals surface area (Å²) in [5.41, 5.74) is 5.67. The number of nitrogen functional groups attached to an aromatic ring is 1. The second-order valence-electron chi connectivity index (χ2n) is 6.09. The Morgan fingerprint density at radius 3 is 2.71 bits per heavy atom. The number of nitrogens with one attached hydrogen (secondary N) is 1. The van der Waals surface area contributed by atoms with Gasteiger partial charge in [-0.2, -0.15) is 0 Å². The van der Waals surface area contributed by atoms with Crippen molar-refractivity contribution in [2.24, 2.45) is 5.16 Å². The molecule has 6 N–H and O–H groups in total. The summed E-state index contributed by atoms with van der Waals surface area (Å²) in [6, 6.07) is -0.967. The van der Waals surface area contributed by atoms with E-state index in [0.717, 1.165) is 16.2 Å². The minimum atomic E-state index is -1.32. The van der Waals surface area contributed by atoms with Gasteiger partial charge in [0.2, 0.25) is 0 Å². The Bertz CT molecular complexity index is 975. The number of hydrogen-bond acceptors (Lipinski definition) is 11. The van der Waals surface area contributed by atoms with Crippen molar-refractivity contribution in [3.8, 4) is 0 Å². The Morgan fingerprint density at radius 2 is 2.16 bits per heavy atom. The zero-order chi connectivity index (χ0) is 22.0. The lowest BCUT2D eigenvalue weighted by atomic mass is 10.0. The van der Waals surface area contributed by atoms with E-state index in [0.29, 0.717) is 5.57 Å². The maximum Gasteiger partial charge on any atom is 0.352 e. The molecule has 2 amide bonds. The number of carboxylic acids is 1. The van der Waals surface area contributed by atoms with Gasteiger partial charge < -0.3 is 31.2 Å². The molecule has 3 heterocycles. The van der Waals surface area contributed by atoms with Crippen LogP contribution in [0.5, 0.6) is 0 Å². The number of carbonyl (C=O) groups excluding carboxylic acids is 3. The highest BCUT2D eigenvalue weighted by Crippen LogP contribution is 2.40. The zero-order valence-electron chi connectivity index (χ0n) is 16.3. The first-order valence-corrected chi connectivity index (χ1v) is 10.3. The Kier molecular flexibility index (Phi) is 7.59. The van der Waals surface area contributed by atoms with Gasteiger partial charge in [0, 0.05) is 23.6 Å². The monoisotopic (exact) mass is 473 g/mol. The summed E-state index contributed by atoms with van der Waals surface area (Å²) in [5.74, 6) is -2.98. The van der Waals surface area contributed by atoms with Crippen molar-refractivity contribution in [2.75, 3.05) is 25.2 Å². The van der Waals surface area contributed by atoms with Gasteiger partial charge in [-0.15, -0.1) is 23.1 Å². The molecule has 15 heteroatoms. The molecule has 31 heavy (non-hydrogen) atoms. The Balaban J connectivity index is 0.00000341. The number of nitrogens with two attached hydrogens (primary N) is 1. The summed E-state index contributed by atoms with van der Waals surface area (Å²) in [7, 11) is 1.25. The molecule has 2 aliphatic heterocycles. The number of β-lactam (4-membered cyclic amide) rings is 1. The first-order valence-electron chi connectivity index (χ1n) is 8.41. The van der Waals surface area contributed by atoms with Crippen LogP contribution in [0.1, 0.15) is 12.6 Å². The normalized spacial score (nSPS) is 20.3. The van der Waals surface area contributed by atoms with Crippen molar-refractivity contribution in [1.82, 2.24) is 15.2 Å². The van der Waals surface area contributed by atoms with Crippen molar-refractivity contribution in [3.63, 3.8) is 0 Å². The van der Waals surface area contributed by atoms with Crippen LogP contribution in [0.25, 0.3) is 0 Å². The predicted molar refractivity (Wildman–Crippen MR) is 110 cm³/mol. The minimum Gasteiger partial charge on any atom is -0.477 e. The summed E-state index contributed by atoms with van der Waals surface area (Å²) in [6.07, 6.45) is 0. The second-order valence-corrected chi connectivity index (χ2v) is 8.09. The number of amides is 2. The van der Waals surface area contributed by atoms with Crippen LogP contribution in [0.2, 0.25) is 0 Å². The molecule has 0 aliphatic carbocycles. The largest absolute Gasteiger partial charge is 0.477 e. The molecular formula is C16H19N5O8S2. The summed E-state index contributed by atoms with van der Waals surface area (Å²) < 4.78 is 4.88. The third-order valence-corrected chi connectivity index (χ3v) is 6.16. The number of fused-ring (bicyclic) bond motifs is 1. The van der Waals surface area contributed by atoms with E-state index in [1.807, 2.05) is 0 Å². The van der Waals surface area contributed by atoms with E-state index < -0.39 is 35.2 Å². The van der Waals surface area contributed by atoms with E-state index >= 15 is 0 Å². The van der Waals surface area contributed by atoms with Crippen LogP contribution >= 0.6 is 23.1 Å². The number of thioether (sulfide) groups is 1. The fourth-order valence-electron chi connectivity index (χ4n) is 2.88. The van der Waals surface area contributed by atoms with Gasteiger partial charge in [0.15, 0.2) is 10.8 Å². The second kappa shape index (κ2) is 9.76. The van der Waals surface area contributed by atoms with Crippen molar-refractivity contribution in [2.45, 2.75) is 18.3 Å². The average Bonchev–Trinajstić information content (AvgIpc) is 3.13. The van der Waals surface area contributed by atoms with Crippen molar-refractivity contribution in [1.29, 1.82) is 0 Å². The van der Waals surface area contributed by atoms with Crippen LogP contribution in [-0.2, 0) is 28.8 Å². The number of carboxylic acid groups (broad SMARTS) is 1. The molecule has 1 aromatic rings. The molecule has 13 nitrogen and oxygen atoms in total. The van der Waals surface area contributed by atoms with Crippen molar-refractivity contribution >= 4 is 57.7 Å². The highest BCUT2D eigenvalue weighted by molar-refractivity contribution is 8.00. The molecule has 1 fully saturated rings. The molecule has 168 valence electrons. The van der Waals surface area contributed by atoms with Crippen LogP contribution in [-0.4, -0.2) is 80.8 Å². The number of nitrogens with zero attached hydrogens (tertiary/aromatic N) is 3. The molecule has 1 aromatic heterocycles. The lowest BCUT2D eigenvalue weighted by Crippen LogP contribution is -2.71. The molecule has 2 atom stereocenters. The van der Waals surface area contributed by atoms with Crippen molar-refractivity contribution < 1.29 is 39.3 Å². The van der Waals surface area contributed by atoms with E-state index in [4.69, 9.17) is 10.5 Å². The lowest BCUT2D eigenvalue weighted by molar-refractivity contribution is -0.150. The topological polar surface area (TPSA) is 205 Å². The number of aromatic nitrogens is 1. The number of carbonyl (C=O) groups is 4. The summed E-state index contributed by atoms with van der Waals surface area (Å²) in [6.45, 7) is 0.975. The number of rotatable bonds is 7. The SMILES string of the molecule is CO/N=C(/C(=O)N[C@@H]1C(=O)N2C(C(=O)O)=C(COC(C)=O)CS[C@H]12)c1csc(N)n1.O. The number of hydrogen-bond donors (Lipinski definition) is 3. The fraction of sp³-hybridized carbons (Fsp3) is 0.375. The standard InChI is InChI=1S/C16H17N5O7S2.H2O/c1-6(22)28-3-7-4-29-14-10(13(24)21(14)11(7)15(25)26)19-12(23)9(20-27-2)8-5-30-16(17)18-8;/h5,10,14H,3-4H2,1-2H3,(H2,17,18)(H,19,23)(H,25,26);1H2/b20-9+;/t10-,14-;/m1./s1. The number of anilines is 1. The van der Waals surface area contributed by atoms with Crippen LogP contribution < -0.4 is 11.1 Å². The molecule has 0 radical (unpaired) electrons. The number of thiazole rings is 1. The maximum absolute atomic E-state index is 12.7.